The zero-order valence-electron chi connectivity index (χ0n) is 10.3. The molecule has 0 aromatic carbocycles. The third-order valence-electron chi connectivity index (χ3n) is 3.10. The van der Waals surface area contributed by atoms with Crippen LogP contribution in [0.3, 0.4) is 0 Å². The topological polar surface area (TPSA) is 66.2 Å². The molecule has 0 aliphatic carbocycles. The van der Waals surface area contributed by atoms with E-state index in [1.54, 1.807) is 13.1 Å². The molecule has 0 unspecified atom stereocenters. The van der Waals surface area contributed by atoms with Crippen LogP contribution in [0.25, 0.3) is 11.0 Å². The van der Waals surface area contributed by atoms with Crippen LogP contribution in [0.4, 0.5) is 0 Å². The second-order valence-electron chi connectivity index (χ2n) is 4.38. The Balaban J connectivity index is 2.11. The number of hydrogen-bond acceptors (Lipinski definition) is 5. The molecule has 0 spiro atoms. The van der Waals surface area contributed by atoms with Gasteiger partial charge in [0.05, 0.1) is 18.6 Å². The standard InChI is InChI=1S/C12H12ClN3O3/c1-16-11-8(10(13)14-6-15-11)4-9(12(16)17)19-7-2-3-18-5-7/h4,6-7H,2-3,5H2,1H3/t7-/m0/s1. The van der Waals surface area contributed by atoms with Gasteiger partial charge in [-0.05, 0) is 6.07 Å². The van der Waals surface area contributed by atoms with E-state index < -0.39 is 0 Å². The monoisotopic (exact) mass is 281 g/mol. The van der Waals surface area contributed by atoms with Gasteiger partial charge in [0, 0.05) is 13.5 Å². The van der Waals surface area contributed by atoms with Crippen molar-refractivity contribution in [2.45, 2.75) is 12.5 Å². The molecule has 2 aromatic rings. The molecule has 1 atom stereocenters. The highest BCUT2D eigenvalue weighted by atomic mass is 35.5. The summed E-state index contributed by atoms with van der Waals surface area (Å²) in [6.07, 6.45) is 2.02. The van der Waals surface area contributed by atoms with E-state index >= 15 is 0 Å². The molecule has 1 aliphatic heterocycles. The van der Waals surface area contributed by atoms with Gasteiger partial charge in [-0.3, -0.25) is 9.36 Å². The van der Waals surface area contributed by atoms with Crippen molar-refractivity contribution < 1.29 is 9.47 Å². The minimum atomic E-state index is -0.242. The van der Waals surface area contributed by atoms with Crippen LogP contribution >= 0.6 is 11.6 Å². The van der Waals surface area contributed by atoms with Gasteiger partial charge in [-0.2, -0.15) is 0 Å². The first kappa shape index (κ1) is 12.4. The highest BCUT2D eigenvalue weighted by Gasteiger charge is 2.20. The Hall–Kier alpha value is -1.66. The SMILES string of the molecule is Cn1c(=O)c(O[C@H]2CCOC2)cc2c(Cl)ncnc21. The summed E-state index contributed by atoms with van der Waals surface area (Å²) in [7, 11) is 1.63. The van der Waals surface area contributed by atoms with Crippen molar-refractivity contribution in [3.63, 3.8) is 0 Å². The minimum absolute atomic E-state index is 0.0893. The number of aromatic nitrogens is 3. The van der Waals surface area contributed by atoms with Crippen LogP contribution in [0, 0.1) is 0 Å². The zero-order chi connectivity index (χ0) is 13.4. The molecule has 0 N–H and O–H groups in total. The van der Waals surface area contributed by atoms with Crippen LogP contribution < -0.4 is 10.3 Å². The molecule has 3 rings (SSSR count). The largest absolute Gasteiger partial charge is 0.482 e. The Bertz CT molecular complexity index is 680. The van der Waals surface area contributed by atoms with Gasteiger partial charge in [0.25, 0.3) is 5.56 Å². The summed E-state index contributed by atoms with van der Waals surface area (Å²) in [5, 5.41) is 0.897. The van der Waals surface area contributed by atoms with Gasteiger partial charge in [0.1, 0.15) is 23.2 Å². The van der Waals surface area contributed by atoms with Gasteiger partial charge in [-0.1, -0.05) is 11.6 Å². The summed E-state index contributed by atoms with van der Waals surface area (Å²) in [6, 6.07) is 1.60. The van der Waals surface area contributed by atoms with Crippen molar-refractivity contribution in [1.82, 2.24) is 14.5 Å². The van der Waals surface area contributed by atoms with Crippen molar-refractivity contribution in [2.75, 3.05) is 13.2 Å². The van der Waals surface area contributed by atoms with E-state index in [4.69, 9.17) is 21.1 Å². The number of hydrogen-bond donors (Lipinski definition) is 0. The molecule has 0 bridgehead atoms. The zero-order valence-corrected chi connectivity index (χ0v) is 11.1. The maximum Gasteiger partial charge on any atom is 0.294 e. The first-order chi connectivity index (χ1) is 9.16. The summed E-state index contributed by atoms with van der Waals surface area (Å²) in [4.78, 5) is 20.1. The van der Waals surface area contributed by atoms with Crippen molar-refractivity contribution in [3.8, 4) is 5.75 Å². The second kappa shape index (κ2) is 4.79. The molecule has 19 heavy (non-hydrogen) atoms. The summed E-state index contributed by atoms with van der Waals surface area (Å²) in [5.41, 5.74) is 0.245. The van der Waals surface area contributed by atoms with Gasteiger partial charge >= 0.3 is 0 Å². The maximum atomic E-state index is 12.2. The number of ether oxygens (including phenoxy) is 2. The van der Waals surface area contributed by atoms with Crippen molar-refractivity contribution in [1.29, 1.82) is 0 Å². The fourth-order valence-corrected chi connectivity index (χ4v) is 2.26. The smallest absolute Gasteiger partial charge is 0.294 e. The molecule has 0 amide bonds. The Morgan fingerprint density at radius 2 is 2.37 bits per heavy atom. The average molecular weight is 282 g/mol. The predicted molar refractivity (Wildman–Crippen MR) is 69.6 cm³/mol. The molecular formula is C12H12ClN3O3. The van der Waals surface area contributed by atoms with Crippen LogP contribution in [0.15, 0.2) is 17.2 Å². The van der Waals surface area contributed by atoms with E-state index in [0.717, 1.165) is 6.42 Å². The van der Waals surface area contributed by atoms with Crippen LogP contribution in [-0.4, -0.2) is 33.9 Å². The van der Waals surface area contributed by atoms with Crippen LogP contribution in [0.5, 0.6) is 5.75 Å². The summed E-state index contributed by atoms with van der Waals surface area (Å²) in [5.74, 6) is 0.252. The third-order valence-corrected chi connectivity index (χ3v) is 3.41. The van der Waals surface area contributed by atoms with Crippen molar-refractivity contribution >= 4 is 22.6 Å². The molecule has 1 saturated heterocycles. The van der Waals surface area contributed by atoms with E-state index in [2.05, 4.69) is 9.97 Å². The lowest BCUT2D eigenvalue weighted by Crippen LogP contribution is -2.25. The Morgan fingerprint density at radius 1 is 1.53 bits per heavy atom. The normalized spacial score (nSPS) is 18.9. The van der Waals surface area contributed by atoms with E-state index in [-0.39, 0.29) is 17.4 Å². The molecule has 6 nitrogen and oxygen atoms in total. The molecule has 7 heteroatoms. The first-order valence-electron chi connectivity index (χ1n) is 5.91. The van der Waals surface area contributed by atoms with Gasteiger partial charge in [0.15, 0.2) is 5.75 Å². The molecule has 1 aliphatic rings. The van der Waals surface area contributed by atoms with Gasteiger partial charge in [-0.25, -0.2) is 9.97 Å². The molecule has 0 radical (unpaired) electrons. The lowest BCUT2D eigenvalue weighted by Gasteiger charge is -2.13. The van der Waals surface area contributed by atoms with E-state index in [0.29, 0.717) is 29.4 Å². The molecule has 100 valence electrons. The summed E-state index contributed by atoms with van der Waals surface area (Å²) in [6.45, 7) is 1.16. The highest BCUT2D eigenvalue weighted by Crippen LogP contribution is 2.22. The highest BCUT2D eigenvalue weighted by molar-refractivity contribution is 6.33. The minimum Gasteiger partial charge on any atom is -0.482 e. The summed E-state index contributed by atoms with van der Waals surface area (Å²) < 4.78 is 12.3. The number of halogens is 1. The maximum absolute atomic E-state index is 12.2. The Morgan fingerprint density at radius 3 is 3.11 bits per heavy atom. The fourth-order valence-electron chi connectivity index (χ4n) is 2.08. The summed E-state index contributed by atoms with van der Waals surface area (Å²) >= 11 is 6.02. The van der Waals surface area contributed by atoms with Crippen molar-refractivity contribution in [3.05, 3.63) is 27.9 Å². The third kappa shape index (κ3) is 2.17. The first-order valence-corrected chi connectivity index (χ1v) is 6.29. The number of nitrogens with zero attached hydrogens (tertiary/aromatic N) is 3. The van der Waals surface area contributed by atoms with E-state index in [1.807, 2.05) is 0 Å². The lowest BCUT2D eigenvalue weighted by atomic mass is 10.3. The van der Waals surface area contributed by atoms with Crippen LogP contribution in [0.2, 0.25) is 5.15 Å². The second-order valence-corrected chi connectivity index (χ2v) is 4.74. The predicted octanol–water partition coefficient (Wildman–Crippen LogP) is 1.15. The van der Waals surface area contributed by atoms with E-state index in [1.165, 1.54) is 10.9 Å². The van der Waals surface area contributed by atoms with Crippen LogP contribution in [0.1, 0.15) is 6.42 Å². The quantitative estimate of drug-likeness (QED) is 0.773. The Labute approximate surface area is 113 Å². The van der Waals surface area contributed by atoms with Gasteiger partial charge in [-0.15, -0.1) is 0 Å². The van der Waals surface area contributed by atoms with E-state index in [9.17, 15) is 4.79 Å². The van der Waals surface area contributed by atoms with Gasteiger partial charge in [0.2, 0.25) is 0 Å². The Kier molecular flexibility index (Phi) is 3.12. The number of pyridine rings is 1. The number of rotatable bonds is 2. The molecule has 2 aromatic heterocycles. The molecular weight excluding hydrogens is 270 g/mol. The lowest BCUT2D eigenvalue weighted by molar-refractivity contribution is 0.140. The molecule has 1 fully saturated rings. The van der Waals surface area contributed by atoms with Crippen molar-refractivity contribution in [2.24, 2.45) is 7.05 Å². The molecule has 0 saturated carbocycles. The van der Waals surface area contributed by atoms with Gasteiger partial charge < -0.3 is 9.47 Å². The number of aryl methyl sites for hydroxylation is 1. The fraction of sp³-hybridized carbons (Fsp3) is 0.417. The molecule has 3 heterocycles. The average Bonchev–Trinajstić information content (AvgIpc) is 2.90. The van der Waals surface area contributed by atoms with Crippen LogP contribution in [-0.2, 0) is 11.8 Å². The number of fused-ring (bicyclic) bond motifs is 1.